The maximum absolute atomic E-state index is 12.7. The smallest absolute Gasteiger partial charge is 0.253 e. The zero-order valence-electron chi connectivity index (χ0n) is 16.9. The highest BCUT2D eigenvalue weighted by molar-refractivity contribution is 7.12. The van der Waals surface area contributed by atoms with Gasteiger partial charge in [0.2, 0.25) is 0 Å². The van der Waals surface area contributed by atoms with Crippen molar-refractivity contribution >= 4 is 35.1 Å². The minimum Gasteiger partial charge on any atom is -0.496 e. The lowest BCUT2D eigenvalue weighted by Crippen LogP contribution is -2.23. The second-order valence-corrected chi connectivity index (χ2v) is 8.22. The van der Waals surface area contributed by atoms with Gasteiger partial charge in [0.1, 0.15) is 11.5 Å². The molecule has 2 aromatic carbocycles. The Morgan fingerprint density at radius 3 is 2.60 bits per heavy atom. The average Bonchev–Trinajstić information content (AvgIpc) is 3.20. The number of benzene rings is 2. The molecule has 156 valence electrons. The predicted octanol–water partition coefficient (Wildman–Crippen LogP) is 5.61. The van der Waals surface area contributed by atoms with E-state index in [-0.39, 0.29) is 18.6 Å². The Labute approximate surface area is 184 Å². The Kier molecular flexibility index (Phi) is 7.13. The van der Waals surface area contributed by atoms with Crippen LogP contribution in [0.25, 0.3) is 11.1 Å². The molecule has 0 aliphatic rings. The summed E-state index contributed by atoms with van der Waals surface area (Å²) in [5, 5.41) is 5.14. The highest BCUT2D eigenvalue weighted by Crippen LogP contribution is 2.30. The van der Waals surface area contributed by atoms with Crippen molar-refractivity contribution in [1.29, 1.82) is 0 Å². The number of thiophene rings is 1. The van der Waals surface area contributed by atoms with Crippen molar-refractivity contribution in [1.82, 2.24) is 5.32 Å². The molecule has 0 aliphatic heterocycles. The number of hydrogen-bond acceptors (Lipinski definition) is 5. The molecule has 7 heteroatoms. The topological polar surface area (TPSA) is 64.6 Å². The summed E-state index contributed by atoms with van der Waals surface area (Å²) in [6, 6.07) is 12.6. The standard InChI is InChI=1S/C23H22ClNO4S/c1-14(2)29-18-5-6-20(21(24)10-18)23(27)25-11-16-8-15(4-7-22(16)28-3)17-9-19(12-26)30-13-17/h4-10,12-14H,11H2,1-3H3,(H,25,27). The molecule has 0 radical (unpaired) electrons. The SMILES string of the molecule is COc1ccc(-c2csc(C=O)c2)cc1CNC(=O)c1ccc(OC(C)C)cc1Cl. The number of carbonyl (C=O) groups excluding carboxylic acids is 2. The summed E-state index contributed by atoms with van der Waals surface area (Å²) in [5.41, 5.74) is 3.08. The van der Waals surface area contributed by atoms with Crippen LogP contribution >= 0.6 is 22.9 Å². The number of methoxy groups -OCH3 is 1. The molecule has 0 saturated heterocycles. The fraction of sp³-hybridized carbons (Fsp3) is 0.217. The lowest BCUT2D eigenvalue weighted by molar-refractivity contribution is 0.0950. The number of aldehydes is 1. The third-order valence-corrected chi connectivity index (χ3v) is 5.52. The summed E-state index contributed by atoms with van der Waals surface area (Å²) in [4.78, 5) is 24.3. The van der Waals surface area contributed by atoms with Gasteiger partial charge in [0.05, 0.1) is 28.7 Å². The molecule has 3 rings (SSSR count). The molecule has 1 aromatic heterocycles. The molecule has 0 fully saturated rings. The molecule has 1 N–H and O–H groups in total. The minimum atomic E-state index is -0.290. The van der Waals surface area contributed by atoms with E-state index in [0.29, 0.717) is 27.0 Å². The number of halogens is 1. The Balaban J connectivity index is 1.76. The summed E-state index contributed by atoms with van der Waals surface area (Å²) in [7, 11) is 1.58. The van der Waals surface area contributed by atoms with E-state index in [2.05, 4.69) is 5.32 Å². The molecule has 30 heavy (non-hydrogen) atoms. The molecule has 0 spiro atoms. The number of ether oxygens (including phenoxy) is 2. The third-order valence-electron chi connectivity index (χ3n) is 4.35. The van der Waals surface area contributed by atoms with Gasteiger partial charge in [-0.05, 0) is 66.8 Å². The van der Waals surface area contributed by atoms with Crippen LogP contribution in [0.1, 0.15) is 39.4 Å². The first kappa shape index (κ1) is 21.9. The first-order chi connectivity index (χ1) is 14.4. The van der Waals surface area contributed by atoms with Gasteiger partial charge >= 0.3 is 0 Å². The van der Waals surface area contributed by atoms with Crippen LogP contribution in [0.2, 0.25) is 5.02 Å². The zero-order valence-corrected chi connectivity index (χ0v) is 18.5. The van der Waals surface area contributed by atoms with Crippen molar-refractivity contribution < 1.29 is 19.1 Å². The van der Waals surface area contributed by atoms with Crippen LogP contribution < -0.4 is 14.8 Å². The Morgan fingerprint density at radius 1 is 1.17 bits per heavy atom. The van der Waals surface area contributed by atoms with Gasteiger partial charge in [-0.2, -0.15) is 0 Å². The van der Waals surface area contributed by atoms with E-state index in [1.165, 1.54) is 11.3 Å². The number of amides is 1. The van der Waals surface area contributed by atoms with Gasteiger partial charge in [0, 0.05) is 12.1 Å². The molecule has 1 amide bonds. The van der Waals surface area contributed by atoms with Crippen LogP contribution in [0.3, 0.4) is 0 Å². The van der Waals surface area contributed by atoms with Crippen LogP contribution in [0.5, 0.6) is 11.5 Å². The summed E-state index contributed by atoms with van der Waals surface area (Å²) >= 11 is 7.66. The average molecular weight is 444 g/mol. The zero-order chi connectivity index (χ0) is 21.7. The highest BCUT2D eigenvalue weighted by Gasteiger charge is 2.14. The van der Waals surface area contributed by atoms with Gasteiger partial charge in [0.25, 0.3) is 5.91 Å². The highest BCUT2D eigenvalue weighted by atomic mass is 35.5. The predicted molar refractivity (Wildman–Crippen MR) is 120 cm³/mol. The van der Waals surface area contributed by atoms with Gasteiger partial charge in [-0.25, -0.2) is 0 Å². The molecule has 0 saturated carbocycles. The first-order valence-electron chi connectivity index (χ1n) is 9.36. The van der Waals surface area contributed by atoms with E-state index in [4.69, 9.17) is 21.1 Å². The van der Waals surface area contributed by atoms with Gasteiger partial charge in [-0.3, -0.25) is 9.59 Å². The fourth-order valence-electron chi connectivity index (χ4n) is 2.96. The molecule has 5 nitrogen and oxygen atoms in total. The van der Waals surface area contributed by atoms with Crippen LogP contribution in [-0.2, 0) is 6.54 Å². The van der Waals surface area contributed by atoms with Crippen molar-refractivity contribution in [3.63, 3.8) is 0 Å². The van der Waals surface area contributed by atoms with Crippen LogP contribution in [0.15, 0.2) is 47.8 Å². The molecular formula is C23H22ClNO4S. The van der Waals surface area contributed by atoms with Gasteiger partial charge in [-0.15, -0.1) is 11.3 Å². The van der Waals surface area contributed by atoms with Gasteiger partial charge in [0.15, 0.2) is 6.29 Å². The van der Waals surface area contributed by atoms with Crippen molar-refractivity contribution in [3.8, 4) is 22.6 Å². The summed E-state index contributed by atoms with van der Waals surface area (Å²) in [6.07, 6.45) is 0.853. The van der Waals surface area contributed by atoms with E-state index in [1.807, 2.05) is 43.5 Å². The molecule has 0 bridgehead atoms. The lowest BCUT2D eigenvalue weighted by atomic mass is 10.0. The number of carbonyl (C=O) groups is 2. The first-order valence-corrected chi connectivity index (χ1v) is 10.6. The van der Waals surface area contributed by atoms with Crippen molar-refractivity contribution in [3.05, 3.63) is 68.9 Å². The number of rotatable bonds is 8. The number of nitrogens with one attached hydrogen (secondary N) is 1. The Morgan fingerprint density at radius 2 is 1.97 bits per heavy atom. The molecule has 0 aliphatic carbocycles. The third kappa shape index (κ3) is 5.20. The van der Waals surface area contributed by atoms with E-state index in [9.17, 15) is 9.59 Å². The van der Waals surface area contributed by atoms with E-state index >= 15 is 0 Å². The Bertz CT molecular complexity index is 1060. The van der Waals surface area contributed by atoms with Crippen molar-refractivity contribution in [2.75, 3.05) is 7.11 Å². The van der Waals surface area contributed by atoms with Crippen LogP contribution in [-0.4, -0.2) is 25.4 Å². The van der Waals surface area contributed by atoms with Gasteiger partial charge < -0.3 is 14.8 Å². The molecule has 0 unspecified atom stereocenters. The quantitative estimate of drug-likeness (QED) is 0.460. The molecule has 1 heterocycles. The molecule has 3 aromatic rings. The summed E-state index contributed by atoms with van der Waals surface area (Å²) in [5.74, 6) is 0.991. The maximum atomic E-state index is 12.7. The molecule has 0 atom stereocenters. The van der Waals surface area contributed by atoms with Gasteiger partial charge in [-0.1, -0.05) is 17.7 Å². The summed E-state index contributed by atoms with van der Waals surface area (Å²) < 4.78 is 11.0. The largest absolute Gasteiger partial charge is 0.496 e. The van der Waals surface area contributed by atoms with Crippen LogP contribution in [0, 0.1) is 0 Å². The van der Waals surface area contributed by atoms with Crippen molar-refractivity contribution in [2.24, 2.45) is 0 Å². The normalized spacial score (nSPS) is 10.7. The minimum absolute atomic E-state index is 0.0197. The monoisotopic (exact) mass is 443 g/mol. The van der Waals surface area contributed by atoms with Crippen molar-refractivity contribution in [2.45, 2.75) is 26.5 Å². The Hall–Kier alpha value is -2.83. The second kappa shape index (κ2) is 9.78. The van der Waals surface area contributed by atoms with E-state index in [1.54, 1.807) is 25.3 Å². The maximum Gasteiger partial charge on any atom is 0.253 e. The van der Waals surface area contributed by atoms with E-state index < -0.39 is 0 Å². The number of hydrogen-bond donors (Lipinski definition) is 1. The van der Waals surface area contributed by atoms with E-state index in [0.717, 1.165) is 23.0 Å². The van der Waals surface area contributed by atoms with Crippen LogP contribution in [0.4, 0.5) is 0 Å². The fourth-order valence-corrected chi connectivity index (χ4v) is 3.93. The molecular weight excluding hydrogens is 422 g/mol. The summed E-state index contributed by atoms with van der Waals surface area (Å²) in [6.45, 7) is 4.11. The lowest BCUT2D eigenvalue weighted by Gasteiger charge is -2.13. The second-order valence-electron chi connectivity index (χ2n) is 6.87.